The molecule has 6 nitrogen and oxygen atoms in total. The summed E-state index contributed by atoms with van der Waals surface area (Å²) < 4.78 is 5.85. The number of carbonyl (C=O) groups is 2. The smallest absolute Gasteiger partial charge is 0.223 e. The van der Waals surface area contributed by atoms with Crippen molar-refractivity contribution in [2.24, 2.45) is 0 Å². The van der Waals surface area contributed by atoms with Gasteiger partial charge in [0.25, 0.3) is 0 Å². The number of hydrogen-bond acceptors (Lipinski definition) is 4. The Kier molecular flexibility index (Phi) is 6.50. The molecule has 2 aliphatic rings. The third kappa shape index (κ3) is 5.10. The van der Waals surface area contributed by atoms with Crippen molar-refractivity contribution in [3.8, 4) is 5.75 Å². The van der Waals surface area contributed by atoms with E-state index in [1.54, 1.807) is 13.0 Å². The third-order valence-electron chi connectivity index (χ3n) is 5.24. The van der Waals surface area contributed by atoms with Crippen LogP contribution in [0.1, 0.15) is 30.9 Å². The molecule has 0 aromatic heterocycles. The maximum Gasteiger partial charge on any atom is 0.223 e. The summed E-state index contributed by atoms with van der Waals surface area (Å²) in [6.07, 6.45) is 2.98. The molecular weight excluding hydrogens is 342 g/mol. The van der Waals surface area contributed by atoms with Crippen molar-refractivity contribution in [2.75, 3.05) is 39.3 Å². The SMILES string of the molecule is C=CCCC(=O)N1CCOc2ccc(CN3CCN(C(C)=O)CC3)cc2C1. The van der Waals surface area contributed by atoms with Crippen LogP contribution in [-0.2, 0) is 22.7 Å². The topological polar surface area (TPSA) is 53.1 Å². The summed E-state index contributed by atoms with van der Waals surface area (Å²) in [5.41, 5.74) is 2.29. The molecule has 1 fully saturated rings. The summed E-state index contributed by atoms with van der Waals surface area (Å²) in [6.45, 7) is 11.3. The number of hydrogen-bond donors (Lipinski definition) is 0. The van der Waals surface area contributed by atoms with Crippen molar-refractivity contribution >= 4 is 11.8 Å². The number of fused-ring (bicyclic) bond motifs is 1. The minimum absolute atomic E-state index is 0.150. The minimum Gasteiger partial charge on any atom is -0.491 e. The predicted octanol–water partition coefficient (Wildman–Crippen LogP) is 2.04. The van der Waals surface area contributed by atoms with Gasteiger partial charge >= 0.3 is 0 Å². The lowest BCUT2D eigenvalue weighted by molar-refractivity contribution is -0.132. The zero-order valence-corrected chi connectivity index (χ0v) is 16.2. The number of amides is 2. The first-order chi connectivity index (χ1) is 13.1. The standard InChI is InChI=1S/C21H29N3O3/c1-3-4-5-21(26)24-12-13-27-20-7-6-18(14-19(20)16-24)15-22-8-10-23(11-9-22)17(2)25/h3,6-7,14H,1,4-5,8-13,15-16H2,2H3. The zero-order valence-electron chi connectivity index (χ0n) is 16.2. The highest BCUT2D eigenvalue weighted by atomic mass is 16.5. The van der Waals surface area contributed by atoms with Crippen LogP contribution in [0.2, 0.25) is 0 Å². The maximum absolute atomic E-state index is 12.4. The lowest BCUT2D eigenvalue weighted by atomic mass is 10.1. The van der Waals surface area contributed by atoms with Crippen LogP contribution in [0.25, 0.3) is 0 Å². The molecule has 0 aliphatic carbocycles. The van der Waals surface area contributed by atoms with Crippen molar-refractivity contribution in [3.63, 3.8) is 0 Å². The lowest BCUT2D eigenvalue weighted by Crippen LogP contribution is -2.47. The molecular formula is C21H29N3O3. The monoisotopic (exact) mass is 371 g/mol. The Morgan fingerprint density at radius 1 is 1.15 bits per heavy atom. The third-order valence-corrected chi connectivity index (χ3v) is 5.24. The largest absolute Gasteiger partial charge is 0.491 e. The fourth-order valence-electron chi connectivity index (χ4n) is 3.62. The molecule has 6 heteroatoms. The van der Waals surface area contributed by atoms with Crippen LogP contribution in [-0.4, -0.2) is 65.8 Å². The first-order valence-corrected chi connectivity index (χ1v) is 9.68. The average Bonchev–Trinajstić information content (AvgIpc) is 2.88. The highest BCUT2D eigenvalue weighted by molar-refractivity contribution is 5.76. The quantitative estimate of drug-likeness (QED) is 0.744. The summed E-state index contributed by atoms with van der Waals surface area (Å²) in [5.74, 6) is 1.18. The molecule has 3 rings (SSSR count). The molecule has 146 valence electrons. The molecule has 0 atom stereocenters. The summed E-state index contributed by atoms with van der Waals surface area (Å²) in [4.78, 5) is 30.0. The molecule has 0 radical (unpaired) electrons. The maximum atomic E-state index is 12.4. The van der Waals surface area contributed by atoms with Gasteiger partial charge in [-0.15, -0.1) is 6.58 Å². The first-order valence-electron chi connectivity index (χ1n) is 9.68. The van der Waals surface area contributed by atoms with Crippen LogP contribution in [0.4, 0.5) is 0 Å². The average molecular weight is 371 g/mol. The van der Waals surface area contributed by atoms with Gasteiger partial charge in [-0.1, -0.05) is 12.1 Å². The van der Waals surface area contributed by atoms with E-state index in [0.717, 1.165) is 44.0 Å². The van der Waals surface area contributed by atoms with E-state index < -0.39 is 0 Å². The number of allylic oxidation sites excluding steroid dienone is 1. The van der Waals surface area contributed by atoms with Crippen LogP contribution in [0.3, 0.4) is 0 Å². The van der Waals surface area contributed by atoms with Gasteiger partial charge in [0.2, 0.25) is 11.8 Å². The number of ether oxygens (including phenoxy) is 1. The Hall–Kier alpha value is -2.34. The normalized spacial score (nSPS) is 17.7. The van der Waals surface area contributed by atoms with Crippen molar-refractivity contribution in [2.45, 2.75) is 32.9 Å². The molecule has 2 aliphatic heterocycles. The van der Waals surface area contributed by atoms with Crippen molar-refractivity contribution in [1.82, 2.24) is 14.7 Å². The molecule has 0 N–H and O–H groups in total. The van der Waals surface area contributed by atoms with Crippen molar-refractivity contribution < 1.29 is 14.3 Å². The second-order valence-electron chi connectivity index (χ2n) is 7.22. The number of rotatable bonds is 5. The number of nitrogens with zero attached hydrogens (tertiary/aromatic N) is 3. The van der Waals surface area contributed by atoms with Crippen molar-refractivity contribution in [1.29, 1.82) is 0 Å². The fourth-order valence-corrected chi connectivity index (χ4v) is 3.62. The first kappa shape index (κ1) is 19.4. The van der Waals surface area contributed by atoms with E-state index in [9.17, 15) is 9.59 Å². The highest BCUT2D eigenvalue weighted by Gasteiger charge is 2.21. The van der Waals surface area contributed by atoms with Gasteiger partial charge in [0, 0.05) is 58.2 Å². The number of piperazine rings is 1. The van der Waals surface area contributed by atoms with Crippen LogP contribution in [0.15, 0.2) is 30.9 Å². The summed E-state index contributed by atoms with van der Waals surface area (Å²) in [5, 5.41) is 0. The number of carbonyl (C=O) groups excluding carboxylic acids is 2. The zero-order chi connectivity index (χ0) is 19.2. The van der Waals surface area contributed by atoms with E-state index in [1.807, 2.05) is 15.9 Å². The Balaban J connectivity index is 1.63. The van der Waals surface area contributed by atoms with Gasteiger partial charge in [-0.3, -0.25) is 14.5 Å². The fraction of sp³-hybridized carbons (Fsp3) is 0.524. The molecule has 1 aromatic rings. The Morgan fingerprint density at radius 3 is 2.63 bits per heavy atom. The second-order valence-corrected chi connectivity index (χ2v) is 7.22. The predicted molar refractivity (Wildman–Crippen MR) is 104 cm³/mol. The van der Waals surface area contributed by atoms with Crippen molar-refractivity contribution in [3.05, 3.63) is 42.0 Å². The van der Waals surface area contributed by atoms with Gasteiger partial charge in [-0.05, 0) is 24.1 Å². The summed E-state index contributed by atoms with van der Waals surface area (Å²) in [7, 11) is 0. The molecule has 2 heterocycles. The van der Waals surface area contributed by atoms with E-state index in [-0.39, 0.29) is 11.8 Å². The van der Waals surface area contributed by atoms with E-state index in [1.165, 1.54) is 5.56 Å². The van der Waals surface area contributed by atoms with Gasteiger partial charge in [-0.2, -0.15) is 0 Å². The van der Waals surface area contributed by atoms with Gasteiger partial charge < -0.3 is 14.5 Å². The molecule has 0 spiro atoms. The molecule has 2 amide bonds. The molecule has 0 unspecified atom stereocenters. The van der Waals surface area contributed by atoms with E-state index in [4.69, 9.17) is 4.74 Å². The molecule has 0 saturated carbocycles. The molecule has 27 heavy (non-hydrogen) atoms. The summed E-state index contributed by atoms with van der Waals surface area (Å²) in [6, 6.07) is 6.28. The van der Waals surface area contributed by atoms with Gasteiger partial charge in [0.1, 0.15) is 12.4 Å². The molecule has 1 saturated heterocycles. The second kappa shape index (κ2) is 9.04. The Labute approximate surface area is 161 Å². The minimum atomic E-state index is 0.150. The summed E-state index contributed by atoms with van der Waals surface area (Å²) >= 11 is 0. The van der Waals surface area contributed by atoms with Crippen LogP contribution in [0, 0.1) is 0 Å². The molecule has 0 bridgehead atoms. The van der Waals surface area contributed by atoms with Crippen LogP contribution < -0.4 is 4.74 Å². The van der Waals surface area contributed by atoms with Crippen LogP contribution in [0.5, 0.6) is 5.75 Å². The Morgan fingerprint density at radius 2 is 1.93 bits per heavy atom. The lowest BCUT2D eigenvalue weighted by Gasteiger charge is -2.34. The van der Waals surface area contributed by atoms with Gasteiger partial charge in [0.15, 0.2) is 0 Å². The van der Waals surface area contributed by atoms with Crippen LogP contribution >= 0.6 is 0 Å². The highest BCUT2D eigenvalue weighted by Crippen LogP contribution is 2.25. The number of benzene rings is 1. The van der Waals surface area contributed by atoms with E-state index in [2.05, 4.69) is 23.6 Å². The van der Waals surface area contributed by atoms with E-state index in [0.29, 0.717) is 32.5 Å². The van der Waals surface area contributed by atoms with Gasteiger partial charge in [-0.25, -0.2) is 0 Å². The van der Waals surface area contributed by atoms with E-state index >= 15 is 0 Å². The Bertz CT molecular complexity index is 696. The van der Waals surface area contributed by atoms with Gasteiger partial charge in [0.05, 0.1) is 6.54 Å². The molecule has 1 aromatic carbocycles.